The predicted octanol–water partition coefficient (Wildman–Crippen LogP) is -0.239. The third-order valence-electron chi connectivity index (χ3n) is 1.90. The van der Waals surface area contributed by atoms with Crippen LogP contribution in [0, 0.1) is 5.92 Å². The minimum atomic E-state index is -1.42. The summed E-state index contributed by atoms with van der Waals surface area (Å²) in [4.78, 5) is 61.0. The van der Waals surface area contributed by atoms with Gasteiger partial charge in [0, 0.05) is 6.42 Å². The van der Waals surface area contributed by atoms with Gasteiger partial charge in [-0.2, -0.15) is 0 Å². The molecule has 0 aliphatic rings. The smallest absolute Gasteiger partial charge is 0.303 e. The fourth-order valence-corrected chi connectivity index (χ4v) is 0.898. The van der Waals surface area contributed by atoms with Crippen molar-refractivity contribution in [3.8, 4) is 0 Å². The van der Waals surface area contributed by atoms with Crippen molar-refractivity contribution < 1.29 is 33.7 Å². The first-order chi connectivity index (χ1) is 8.06. The molecular formula is C10H12O7. The molecule has 0 aromatic heterocycles. The summed E-state index contributed by atoms with van der Waals surface area (Å²) in [5, 5.41) is 0. The maximum absolute atomic E-state index is 11.2. The molecule has 1 atom stereocenters. The normalized spacial score (nSPS) is 11.1. The Bertz CT molecular complexity index is 321. The molecule has 7 nitrogen and oxygen atoms in total. The lowest BCUT2D eigenvalue weighted by Gasteiger charge is -2.08. The van der Waals surface area contributed by atoms with Crippen LogP contribution in [0.2, 0.25) is 0 Å². The highest BCUT2D eigenvalue weighted by Crippen LogP contribution is 2.09. The van der Waals surface area contributed by atoms with Gasteiger partial charge in [-0.25, -0.2) is 19.4 Å². The molecule has 17 heavy (non-hydrogen) atoms. The van der Waals surface area contributed by atoms with Gasteiger partial charge in [0.2, 0.25) is 0 Å². The molecule has 0 aliphatic carbocycles. The first kappa shape index (κ1) is 14.9. The molecule has 0 aliphatic heterocycles. The number of carbonyl (C=O) groups is 5. The third kappa shape index (κ3) is 5.55. The zero-order valence-corrected chi connectivity index (χ0v) is 9.21. The summed E-state index contributed by atoms with van der Waals surface area (Å²) in [5.74, 6) is -4.17. The second-order valence-electron chi connectivity index (χ2n) is 3.07. The molecule has 1 unspecified atom stereocenters. The van der Waals surface area contributed by atoms with Crippen LogP contribution >= 0.6 is 0 Å². The van der Waals surface area contributed by atoms with Crippen molar-refractivity contribution >= 4 is 30.3 Å². The average Bonchev–Trinajstić information content (AvgIpc) is 2.32. The van der Waals surface area contributed by atoms with E-state index in [1.807, 2.05) is 0 Å². The number of rotatable bonds is 7. The van der Waals surface area contributed by atoms with Gasteiger partial charge >= 0.3 is 11.9 Å². The highest BCUT2D eigenvalue weighted by Gasteiger charge is 2.23. The van der Waals surface area contributed by atoms with Gasteiger partial charge in [-0.05, 0) is 6.42 Å². The number of ketones is 1. The van der Waals surface area contributed by atoms with E-state index >= 15 is 0 Å². The van der Waals surface area contributed by atoms with Gasteiger partial charge in [0.25, 0.3) is 5.78 Å². The number of hydrogen-bond acceptors (Lipinski definition) is 7. The van der Waals surface area contributed by atoms with Crippen LogP contribution in [-0.2, 0) is 33.7 Å². The Morgan fingerprint density at radius 1 is 1.12 bits per heavy atom. The first-order valence-corrected chi connectivity index (χ1v) is 4.89. The predicted molar refractivity (Wildman–Crippen MR) is 52.3 cm³/mol. The number of hydrogen-bond donors (Lipinski definition) is 0. The average molecular weight is 244 g/mol. The van der Waals surface area contributed by atoms with E-state index in [4.69, 9.17) is 0 Å². The van der Waals surface area contributed by atoms with Crippen LogP contribution in [0.15, 0.2) is 0 Å². The molecule has 0 amide bonds. The lowest BCUT2D eigenvalue weighted by Crippen LogP contribution is -2.23. The van der Waals surface area contributed by atoms with E-state index < -0.39 is 30.1 Å². The van der Waals surface area contributed by atoms with Crippen LogP contribution < -0.4 is 0 Å². The van der Waals surface area contributed by atoms with Crippen molar-refractivity contribution in [3.63, 3.8) is 0 Å². The molecule has 0 saturated heterocycles. The standard InChI is InChI=1S/C10H12O7/c1-2-7(3-5-11)9(14)16-17-10(15)8(13)4-6-12/h5-7H,2-4H2,1H3. The molecule has 0 bridgehead atoms. The zero-order chi connectivity index (χ0) is 13.3. The van der Waals surface area contributed by atoms with Crippen molar-refractivity contribution in [3.05, 3.63) is 0 Å². The molecule has 0 radical (unpaired) electrons. The van der Waals surface area contributed by atoms with Crippen molar-refractivity contribution in [1.29, 1.82) is 0 Å². The number of carbonyl (C=O) groups excluding carboxylic acids is 5. The molecule has 0 saturated carbocycles. The zero-order valence-electron chi connectivity index (χ0n) is 9.21. The van der Waals surface area contributed by atoms with Gasteiger partial charge in [0.15, 0.2) is 0 Å². The molecule has 0 spiro atoms. The fourth-order valence-electron chi connectivity index (χ4n) is 0.898. The summed E-state index contributed by atoms with van der Waals surface area (Å²) in [6, 6.07) is 0. The van der Waals surface area contributed by atoms with E-state index in [0.717, 1.165) is 0 Å². The Labute approximate surface area is 97.0 Å². The SMILES string of the molecule is CCC(CC=O)C(=O)OOC(=O)C(=O)CC=O. The van der Waals surface area contributed by atoms with Gasteiger partial charge < -0.3 is 9.59 Å². The van der Waals surface area contributed by atoms with E-state index in [1.165, 1.54) is 0 Å². The molecular weight excluding hydrogens is 232 g/mol. The second-order valence-corrected chi connectivity index (χ2v) is 3.07. The van der Waals surface area contributed by atoms with Crippen LogP contribution in [0.25, 0.3) is 0 Å². The maximum atomic E-state index is 11.2. The molecule has 7 heteroatoms. The van der Waals surface area contributed by atoms with Gasteiger partial charge in [-0.1, -0.05) is 6.92 Å². The number of aldehydes is 2. The molecule has 94 valence electrons. The minimum Gasteiger partial charge on any atom is -0.303 e. The van der Waals surface area contributed by atoms with E-state index in [0.29, 0.717) is 12.7 Å². The van der Waals surface area contributed by atoms with E-state index in [-0.39, 0.29) is 12.7 Å². The van der Waals surface area contributed by atoms with Crippen LogP contribution in [-0.4, -0.2) is 30.3 Å². The van der Waals surface area contributed by atoms with E-state index in [2.05, 4.69) is 9.78 Å². The summed E-state index contributed by atoms with van der Waals surface area (Å²) in [6.45, 7) is 1.65. The lowest BCUT2D eigenvalue weighted by atomic mass is 10.0. The largest absolute Gasteiger partial charge is 0.422 e. The molecule has 0 heterocycles. The summed E-state index contributed by atoms with van der Waals surface area (Å²) in [5.41, 5.74) is 0. The quantitative estimate of drug-likeness (QED) is 0.200. The minimum absolute atomic E-state index is 0.0603. The Morgan fingerprint density at radius 2 is 1.76 bits per heavy atom. The highest BCUT2D eigenvalue weighted by atomic mass is 17.2. The van der Waals surface area contributed by atoms with E-state index in [1.54, 1.807) is 6.92 Å². The summed E-state index contributed by atoms with van der Waals surface area (Å²) in [7, 11) is 0. The Hall–Kier alpha value is -2.05. The van der Waals surface area contributed by atoms with Crippen LogP contribution in [0.4, 0.5) is 0 Å². The topological polar surface area (TPSA) is 104 Å². The van der Waals surface area contributed by atoms with Gasteiger partial charge in [-0.3, -0.25) is 4.79 Å². The monoisotopic (exact) mass is 244 g/mol. The van der Waals surface area contributed by atoms with Crippen LogP contribution in [0.5, 0.6) is 0 Å². The molecule has 0 aromatic carbocycles. The highest BCUT2D eigenvalue weighted by molar-refractivity contribution is 6.35. The van der Waals surface area contributed by atoms with Crippen LogP contribution in [0.3, 0.4) is 0 Å². The molecule has 0 rings (SSSR count). The van der Waals surface area contributed by atoms with Crippen molar-refractivity contribution in [1.82, 2.24) is 0 Å². The second kappa shape index (κ2) is 8.14. The summed E-state index contributed by atoms with van der Waals surface area (Å²) >= 11 is 0. The van der Waals surface area contributed by atoms with Crippen molar-refractivity contribution in [2.45, 2.75) is 26.2 Å². The van der Waals surface area contributed by atoms with E-state index in [9.17, 15) is 24.0 Å². The van der Waals surface area contributed by atoms with Crippen molar-refractivity contribution in [2.75, 3.05) is 0 Å². The first-order valence-electron chi connectivity index (χ1n) is 4.89. The van der Waals surface area contributed by atoms with Crippen molar-refractivity contribution in [2.24, 2.45) is 5.92 Å². The number of Topliss-reactive ketones (excluding diaryl/α,β-unsaturated/α-hetero) is 1. The molecule has 0 N–H and O–H groups in total. The van der Waals surface area contributed by atoms with Crippen LogP contribution in [0.1, 0.15) is 26.2 Å². The van der Waals surface area contributed by atoms with Gasteiger partial charge in [-0.15, -0.1) is 0 Å². The maximum Gasteiger partial charge on any atom is 0.422 e. The molecule has 0 fully saturated rings. The van der Waals surface area contributed by atoms with Gasteiger partial charge in [0.05, 0.1) is 12.3 Å². The Balaban J connectivity index is 4.13. The third-order valence-corrected chi connectivity index (χ3v) is 1.90. The Kier molecular flexibility index (Phi) is 7.16. The fraction of sp³-hybridized carbons (Fsp3) is 0.500. The summed E-state index contributed by atoms with van der Waals surface area (Å²) in [6.07, 6.45) is 0.399. The Morgan fingerprint density at radius 3 is 2.24 bits per heavy atom. The lowest BCUT2D eigenvalue weighted by molar-refractivity contribution is -0.260. The molecule has 0 aromatic rings. The summed E-state index contributed by atoms with van der Waals surface area (Å²) < 4.78 is 0. The van der Waals surface area contributed by atoms with Gasteiger partial charge in [0.1, 0.15) is 12.6 Å².